The molecule has 266 valence electrons. The van der Waals surface area contributed by atoms with Crippen molar-refractivity contribution in [1.82, 2.24) is 14.5 Å². The van der Waals surface area contributed by atoms with E-state index < -0.39 is 53.0 Å². The van der Waals surface area contributed by atoms with Crippen molar-refractivity contribution in [3.63, 3.8) is 0 Å². The minimum absolute atomic E-state index is 0. The molecule has 0 saturated carbocycles. The summed E-state index contributed by atoms with van der Waals surface area (Å²) in [7, 11) is 0. The van der Waals surface area contributed by atoms with Crippen LogP contribution < -0.4 is 10.2 Å². The Balaban J connectivity index is 0.00000267. The molecule has 0 aliphatic carbocycles. The molecular weight excluding hydrogens is 704 g/mol. The van der Waals surface area contributed by atoms with Gasteiger partial charge in [-0.1, -0.05) is 12.1 Å². The number of halogens is 8. The maximum Gasteiger partial charge on any atom is 0.416 e. The van der Waals surface area contributed by atoms with E-state index in [4.69, 9.17) is 0 Å². The molecule has 2 fully saturated rings. The summed E-state index contributed by atoms with van der Waals surface area (Å²) in [6.45, 7) is 7.32. The second kappa shape index (κ2) is 16.1. The molecule has 5 rings (SSSR count). The standard InChI is InChI=1S/C32H36F5N5O3.3ClH/c1-31(2,3)42-17-24(23-7-6-22(33)15-26(23)34)25(18-42)28(43)39-30-38-10-13-41(30)16-20-4-5-21(32(35,36)37)14-27(20)40-11-8-19(9-12-40)29(44)45;;;/h4-7,10,13-15,19,24-25H,8-9,11-12,16-18H2,1-3H3,(H,44,45)(H,38,39,43);3*1H/t24-,25+;;;/m0.../s1. The number of hydrogen-bond donors (Lipinski definition) is 2. The van der Waals surface area contributed by atoms with Crippen molar-refractivity contribution >= 4 is 60.7 Å². The van der Waals surface area contributed by atoms with Crippen molar-refractivity contribution in [2.75, 3.05) is 36.4 Å². The number of alkyl halides is 3. The number of carboxylic acid groups (broad SMARTS) is 1. The van der Waals surface area contributed by atoms with E-state index in [1.807, 2.05) is 20.8 Å². The SMILES string of the molecule is CC(C)(C)N1C[C@@H](C(=O)Nc2nccn2Cc2ccc(C(F)(F)F)cc2N2CCC(C(=O)O)CC2)[C@H](c2ccc(F)cc2F)C1.Cl.Cl.Cl. The quantitative estimate of drug-likeness (QED) is 0.248. The lowest BCUT2D eigenvalue weighted by molar-refractivity contribution is -0.142. The van der Waals surface area contributed by atoms with Gasteiger partial charge in [-0.15, -0.1) is 37.2 Å². The zero-order valence-corrected chi connectivity index (χ0v) is 28.9. The molecule has 0 radical (unpaired) electrons. The zero-order valence-electron chi connectivity index (χ0n) is 26.5. The van der Waals surface area contributed by atoms with E-state index in [0.717, 1.165) is 18.2 Å². The third kappa shape index (κ3) is 9.10. The molecule has 2 aliphatic heterocycles. The lowest BCUT2D eigenvalue weighted by atomic mass is 9.88. The molecule has 1 amide bonds. The minimum atomic E-state index is -4.57. The van der Waals surface area contributed by atoms with E-state index >= 15 is 0 Å². The predicted octanol–water partition coefficient (Wildman–Crippen LogP) is 7.25. The molecule has 1 aromatic heterocycles. The van der Waals surface area contributed by atoms with Crippen LogP contribution in [0, 0.1) is 23.5 Å². The molecule has 3 aromatic rings. The Morgan fingerprint density at radius 1 is 0.979 bits per heavy atom. The fourth-order valence-electron chi connectivity index (χ4n) is 6.22. The highest BCUT2D eigenvalue weighted by Gasteiger charge is 2.43. The Morgan fingerprint density at radius 3 is 2.23 bits per heavy atom. The first kappa shape index (κ1) is 41.0. The topological polar surface area (TPSA) is 90.7 Å². The molecule has 3 heterocycles. The van der Waals surface area contributed by atoms with Gasteiger partial charge in [0.05, 0.1) is 23.9 Å². The molecule has 8 nitrogen and oxygen atoms in total. The average molecular weight is 743 g/mol. The van der Waals surface area contributed by atoms with E-state index in [2.05, 4.69) is 15.2 Å². The van der Waals surface area contributed by atoms with E-state index in [9.17, 15) is 36.6 Å². The fourth-order valence-corrected chi connectivity index (χ4v) is 6.22. The summed E-state index contributed by atoms with van der Waals surface area (Å²) < 4.78 is 71.2. The van der Waals surface area contributed by atoms with Crippen molar-refractivity contribution in [3.05, 3.63) is 77.1 Å². The van der Waals surface area contributed by atoms with Crippen LogP contribution in [0.3, 0.4) is 0 Å². The monoisotopic (exact) mass is 741 g/mol. The number of hydrogen-bond acceptors (Lipinski definition) is 5. The van der Waals surface area contributed by atoms with Crippen molar-refractivity contribution in [1.29, 1.82) is 0 Å². The number of benzene rings is 2. The van der Waals surface area contributed by atoms with Gasteiger partial charge in [0, 0.05) is 61.8 Å². The van der Waals surface area contributed by atoms with Crippen LogP contribution in [0.25, 0.3) is 0 Å². The molecule has 2 atom stereocenters. The maximum atomic E-state index is 14.9. The summed E-state index contributed by atoms with van der Waals surface area (Å²) in [5.41, 5.74) is -0.0169. The number of aromatic nitrogens is 2. The Morgan fingerprint density at radius 2 is 1.65 bits per heavy atom. The first-order chi connectivity index (χ1) is 21.1. The first-order valence-corrected chi connectivity index (χ1v) is 14.8. The van der Waals surface area contributed by atoms with Crippen molar-refractivity contribution in [2.24, 2.45) is 11.8 Å². The Hall–Kier alpha value is -3.13. The molecule has 2 N–H and O–H groups in total. The van der Waals surface area contributed by atoms with Gasteiger partial charge in [-0.05, 0) is 62.9 Å². The van der Waals surface area contributed by atoms with Gasteiger partial charge in [-0.25, -0.2) is 13.8 Å². The Kier molecular flexibility index (Phi) is 13.7. The summed E-state index contributed by atoms with van der Waals surface area (Å²) in [4.78, 5) is 33.3. The maximum absolute atomic E-state index is 14.9. The summed E-state index contributed by atoms with van der Waals surface area (Å²) in [5.74, 6) is -4.39. The van der Waals surface area contributed by atoms with Gasteiger partial charge in [-0.2, -0.15) is 13.2 Å². The third-order valence-corrected chi connectivity index (χ3v) is 8.86. The van der Waals surface area contributed by atoms with Crippen LogP contribution in [-0.2, 0) is 22.3 Å². The lowest BCUT2D eigenvalue weighted by Crippen LogP contribution is -2.40. The van der Waals surface area contributed by atoms with Gasteiger partial charge in [0.15, 0.2) is 0 Å². The van der Waals surface area contributed by atoms with Crippen LogP contribution in [0.15, 0.2) is 48.8 Å². The van der Waals surface area contributed by atoms with Crippen LogP contribution in [0.2, 0.25) is 0 Å². The largest absolute Gasteiger partial charge is 0.481 e. The molecule has 2 aliphatic rings. The van der Waals surface area contributed by atoms with Crippen LogP contribution >= 0.6 is 37.2 Å². The minimum Gasteiger partial charge on any atom is -0.481 e. The predicted molar refractivity (Wildman–Crippen MR) is 180 cm³/mol. The Labute approximate surface area is 294 Å². The number of anilines is 2. The molecule has 0 spiro atoms. The number of carboxylic acids is 1. The average Bonchev–Trinajstić information content (AvgIpc) is 3.60. The number of nitrogens with one attached hydrogen (secondary N) is 1. The van der Waals surface area contributed by atoms with Crippen LogP contribution in [-0.4, -0.2) is 63.2 Å². The van der Waals surface area contributed by atoms with Crippen molar-refractivity contribution in [3.8, 4) is 0 Å². The molecule has 2 aromatic carbocycles. The number of likely N-dealkylation sites (tertiary alicyclic amines) is 1. The number of aliphatic carboxylic acids is 1. The fraction of sp³-hybridized carbons (Fsp3) is 0.469. The first-order valence-electron chi connectivity index (χ1n) is 14.8. The van der Waals surface area contributed by atoms with Gasteiger partial charge < -0.3 is 14.6 Å². The van der Waals surface area contributed by atoms with Crippen LogP contribution in [0.4, 0.5) is 33.6 Å². The highest BCUT2D eigenvalue weighted by atomic mass is 35.5. The van der Waals surface area contributed by atoms with Gasteiger partial charge in [-0.3, -0.25) is 19.8 Å². The zero-order chi connectivity index (χ0) is 32.7. The van der Waals surface area contributed by atoms with Crippen LogP contribution in [0.1, 0.15) is 56.2 Å². The van der Waals surface area contributed by atoms with Crippen molar-refractivity contribution < 1.29 is 36.6 Å². The third-order valence-electron chi connectivity index (χ3n) is 8.86. The number of amides is 1. The number of imidazole rings is 1. The molecule has 0 bridgehead atoms. The molecular formula is C32H39Cl3F5N5O3. The van der Waals surface area contributed by atoms with Gasteiger partial charge >= 0.3 is 12.1 Å². The van der Waals surface area contributed by atoms with E-state index in [1.54, 1.807) is 15.7 Å². The number of nitrogens with zero attached hydrogens (tertiary/aromatic N) is 4. The Bertz CT molecular complexity index is 1580. The summed E-state index contributed by atoms with van der Waals surface area (Å²) in [6, 6.07) is 6.81. The van der Waals surface area contributed by atoms with E-state index in [1.165, 1.54) is 24.4 Å². The molecule has 2 saturated heterocycles. The summed E-state index contributed by atoms with van der Waals surface area (Å²) >= 11 is 0. The summed E-state index contributed by atoms with van der Waals surface area (Å²) in [6.07, 6.45) is -0.893. The number of rotatable bonds is 7. The number of piperidine rings is 1. The van der Waals surface area contributed by atoms with Gasteiger partial charge in [0.25, 0.3) is 0 Å². The highest BCUT2D eigenvalue weighted by molar-refractivity contribution is 5.92. The summed E-state index contributed by atoms with van der Waals surface area (Å²) in [5, 5.41) is 12.2. The van der Waals surface area contributed by atoms with E-state index in [0.29, 0.717) is 37.2 Å². The van der Waals surface area contributed by atoms with Crippen LogP contribution in [0.5, 0.6) is 0 Å². The molecule has 0 unspecified atom stereocenters. The van der Waals surface area contributed by atoms with E-state index in [-0.39, 0.29) is 73.9 Å². The second-order valence-electron chi connectivity index (χ2n) is 12.8. The highest BCUT2D eigenvalue weighted by Crippen LogP contribution is 2.39. The number of carbonyl (C=O) groups excluding carboxylic acids is 1. The molecule has 48 heavy (non-hydrogen) atoms. The van der Waals surface area contributed by atoms with Gasteiger partial charge in [0.1, 0.15) is 11.6 Å². The normalized spacial score (nSPS) is 18.8. The molecule has 16 heteroatoms. The lowest BCUT2D eigenvalue weighted by Gasteiger charge is -2.34. The number of carbonyl (C=O) groups is 2. The second-order valence-corrected chi connectivity index (χ2v) is 12.8. The van der Waals surface area contributed by atoms with Crippen molar-refractivity contribution in [2.45, 2.75) is 57.8 Å². The van der Waals surface area contributed by atoms with Gasteiger partial charge in [0.2, 0.25) is 11.9 Å². The smallest absolute Gasteiger partial charge is 0.416 e.